The Kier molecular flexibility index (Phi) is 5.58. The smallest absolute Gasteiger partial charge is 0.261 e. The molecule has 7 heteroatoms. The number of hydrogen-bond donors (Lipinski definition) is 1. The van der Waals surface area contributed by atoms with Crippen molar-refractivity contribution < 1.29 is 9.53 Å². The van der Waals surface area contributed by atoms with Crippen LogP contribution in [-0.2, 0) is 4.74 Å². The fraction of sp³-hybridized carbons (Fsp3) is 0.478. The van der Waals surface area contributed by atoms with E-state index in [0.717, 1.165) is 78.5 Å². The van der Waals surface area contributed by atoms with Crippen molar-refractivity contribution in [3.63, 3.8) is 0 Å². The molecule has 2 aromatic heterocycles. The van der Waals surface area contributed by atoms with Gasteiger partial charge in [-0.1, -0.05) is 18.2 Å². The number of para-hydroxylation sites is 1. The quantitative estimate of drug-likeness (QED) is 0.693. The van der Waals surface area contributed by atoms with Crippen LogP contribution in [0.5, 0.6) is 0 Å². The molecule has 1 N–H and O–H groups in total. The van der Waals surface area contributed by atoms with Crippen LogP contribution in [0.1, 0.15) is 41.0 Å². The number of nitrogens with zero attached hydrogens (tertiary/aromatic N) is 3. The molecule has 1 aromatic carbocycles. The number of carbonyl (C=O) groups is 1. The molecule has 2 aliphatic rings. The van der Waals surface area contributed by atoms with Crippen molar-refractivity contribution in [2.45, 2.75) is 44.7 Å². The van der Waals surface area contributed by atoms with E-state index in [4.69, 9.17) is 4.74 Å². The minimum atomic E-state index is 0.0463. The van der Waals surface area contributed by atoms with Gasteiger partial charge in [-0.15, -0.1) is 11.3 Å². The van der Waals surface area contributed by atoms with E-state index >= 15 is 0 Å². The first-order chi connectivity index (χ1) is 14.7. The van der Waals surface area contributed by atoms with Crippen molar-refractivity contribution in [1.29, 1.82) is 0 Å². The van der Waals surface area contributed by atoms with E-state index in [0.29, 0.717) is 6.04 Å². The highest BCUT2D eigenvalue weighted by Gasteiger charge is 2.28. The molecule has 158 valence electrons. The molecule has 5 rings (SSSR count). The molecule has 6 nitrogen and oxygen atoms in total. The van der Waals surface area contributed by atoms with Crippen molar-refractivity contribution in [3.8, 4) is 5.69 Å². The first kappa shape index (κ1) is 19.7. The summed E-state index contributed by atoms with van der Waals surface area (Å²) in [4.78, 5) is 17.3. The van der Waals surface area contributed by atoms with E-state index in [1.165, 1.54) is 11.3 Å². The zero-order chi connectivity index (χ0) is 20.5. The van der Waals surface area contributed by atoms with E-state index in [2.05, 4.69) is 15.3 Å². The zero-order valence-corrected chi connectivity index (χ0v) is 18.2. The number of aromatic nitrogens is 2. The minimum absolute atomic E-state index is 0.0463. The van der Waals surface area contributed by atoms with E-state index in [1.54, 1.807) is 0 Å². The average Bonchev–Trinajstić information content (AvgIpc) is 3.36. The molecular formula is C23H28N4O2S. The molecule has 0 bridgehead atoms. The van der Waals surface area contributed by atoms with Gasteiger partial charge in [-0.3, -0.25) is 9.69 Å². The molecule has 0 spiro atoms. The van der Waals surface area contributed by atoms with E-state index < -0.39 is 0 Å². The van der Waals surface area contributed by atoms with Gasteiger partial charge in [0.1, 0.15) is 4.83 Å². The molecular weight excluding hydrogens is 396 g/mol. The Morgan fingerprint density at radius 2 is 1.87 bits per heavy atom. The van der Waals surface area contributed by atoms with Crippen LogP contribution in [0.2, 0.25) is 0 Å². The second-order valence-corrected chi connectivity index (χ2v) is 9.32. The van der Waals surface area contributed by atoms with Crippen LogP contribution in [-0.4, -0.2) is 59.0 Å². The molecule has 1 saturated carbocycles. The maximum atomic E-state index is 13.0. The van der Waals surface area contributed by atoms with Gasteiger partial charge in [0.05, 0.1) is 29.5 Å². The van der Waals surface area contributed by atoms with Gasteiger partial charge in [0, 0.05) is 30.6 Å². The van der Waals surface area contributed by atoms with Crippen LogP contribution in [0.4, 0.5) is 0 Å². The Morgan fingerprint density at radius 1 is 1.13 bits per heavy atom. The Morgan fingerprint density at radius 3 is 2.60 bits per heavy atom. The summed E-state index contributed by atoms with van der Waals surface area (Å²) in [5.41, 5.74) is 1.97. The van der Waals surface area contributed by atoms with E-state index in [1.807, 2.05) is 48.0 Å². The predicted octanol–water partition coefficient (Wildman–Crippen LogP) is 3.77. The fourth-order valence-corrected chi connectivity index (χ4v) is 5.77. The number of nitrogens with one attached hydrogen (secondary N) is 1. The summed E-state index contributed by atoms with van der Waals surface area (Å²) in [6.45, 7) is 5.79. The number of rotatable bonds is 4. The fourth-order valence-electron chi connectivity index (χ4n) is 4.69. The summed E-state index contributed by atoms with van der Waals surface area (Å²) < 4.78 is 7.42. The Balaban J connectivity index is 1.26. The second kappa shape index (κ2) is 8.49. The van der Waals surface area contributed by atoms with Crippen LogP contribution in [0, 0.1) is 6.92 Å². The summed E-state index contributed by atoms with van der Waals surface area (Å²) >= 11 is 1.53. The number of aryl methyl sites for hydroxylation is 1. The van der Waals surface area contributed by atoms with Crippen molar-refractivity contribution >= 4 is 27.5 Å². The molecule has 0 atom stereocenters. The van der Waals surface area contributed by atoms with Crippen LogP contribution in [0.15, 0.2) is 36.4 Å². The Hall–Kier alpha value is -2.22. The number of fused-ring (bicyclic) bond motifs is 1. The monoisotopic (exact) mass is 424 g/mol. The first-order valence-corrected chi connectivity index (χ1v) is 11.7. The van der Waals surface area contributed by atoms with Crippen molar-refractivity contribution in [3.05, 3.63) is 47.0 Å². The maximum absolute atomic E-state index is 13.0. The normalized spacial score (nSPS) is 23.0. The average molecular weight is 425 g/mol. The van der Waals surface area contributed by atoms with Crippen LogP contribution in [0.3, 0.4) is 0 Å². The zero-order valence-electron chi connectivity index (χ0n) is 17.3. The van der Waals surface area contributed by atoms with Crippen molar-refractivity contribution in [2.24, 2.45) is 0 Å². The number of morpholine rings is 1. The molecule has 30 heavy (non-hydrogen) atoms. The topological polar surface area (TPSA) is 59.4 Å². The number of thiophene rings is 1. The second-order valence-electron chi connectivity index (χ2n) is 8.29. The third kappa shape index (κ3) is 3.89. The van der Waals surface area contributed by atoms with Crippen LogP contribution < -0.4 is 5.32 Å². The van der Waals surface area contributed by atoms with Gasteiger partial charge in [-0.05, 0) is 50.8 Å². The molecule has 0 unspecified atom stereocenters. The van der Waals surface area contributed by atoms with Crippen LogP contribution >= 0.6 is 11.3 Å². The Labute approximate surface area is 180 Å². The first-order valence-electron chi connectivity index (χ1n) is 10.9. The van der Waals surface area contributed by atoms with Gasteiger partial charge >= 0.3 is 0 Å². The standard InChI is InChI=1S/C23H28N4O2S/c1-16-20-15-21(30-23(20)27(25-16)19-5-3-2-4-6-19)22(28)24-17-7-9-18(10-8-17)26-11-13-29-14-12-26/h2-6,15,17-18H,7-14H2,1H3,(H,24,28). The lowest BCUT2D eigenvalue weighted by molar-refractivity contribution is 0.00665. The highest BCUT2D eigenvalue weighted by atomic mass is 32.1. The molecule has 3 aromatic rings. The highest BCUT2D eigenvalue weighted by molar-refractivity contribution is 7.20. The highest BCUT2D eigenvalue weighted by Crippen LogP contribution is 2.31. The van der Waals surface area contributed by atoms with Gasteiger partial charge in [-0.2, -0.15) is 5.10 Å². The van der Waals surface area contributed by atoms with Gasteiger partial charge in [-0.25, -0.2) is 4.68 Å². The third-order valence-electron chi connectivity index (χ3n) is 6.36. The van der Waals surface area contributed by atoms with Gasteiger partial charge < -0.3 is 10.1 Å². The number of benzene rings is 1. The lowest BCUT2D eigenvalue weighted by atomic mass is 9.90. The van der Waals surface area contributed by atoms with E-state index in [9.17, 15) is 4.79 Å². The number of ether oxygens (including phenoxy) is 1. The molecule has 2 fully saturated rings. The van der Waals surface area contributed by atoms with Crippen molar-refractivity contribution in [2.75, 3.05) is 26.3 Å². The minimum Gasteiger partial charge on any atom is -0.379 e. The van der Waals surface area contributed by atoms with Gasteiger partial charge in [0.15, 0.2) is 0 Å². The third-order valence-corrected chi connectivity index (χ3v) is 7.47. The lowest BCUT2D eigenvalue weighted by Gasteiger charge is -2.38. The number of amides is 1. The summed E-state index contributed by atoms with van der Waals surface area (Å²) in [7, 11) is 0. The summed E-state index contributed by atoms with van der Waals surface area (Å²) in [6, 6.07) is 13.0. The summed E-state index contributed by atoms with van der Waals surface area (Å²) in [5.74, 6) is 0.0463. The van der Waals surface area contributed by atoms with Crippen molar-refractivity contribution in [1.82, 2.24) is 20.0 Å². The lowest BCUT2D eigenvalue weighted by Crippen LogP contribution is -2.47. The van der Waals surface area contributed by atoms with Crippen LogP contribution in [0.25, 0.3) is 15.9 Å². The Bertz CT molecular complexity index is 1010. The molecule has 0 radical (unpaired) electrons. The molecule has 1 saturated heterocycles. The molecule has 1 aliphatic heterocycles. The summed E-state index contributed by atoms with van der Waals surface area (Å²) in [6.07, 6.45) is 4.41. The predicted molar refractivity (Wildman–Crippen MR) is 120 cm³/mol. The van der Waals surface area contributed by atoms with Gasteiger partial charge in [0.25, 0.3) is 5.91 Å². The maximum Gasteiger partial charge on any atom is 0.261 e. The molecule has 3 heterocycles. The SMILES string of the molecule is Cc1nn(-c2ccccc2)c2sc(C(=O)NC3CCC(N4CCOCC4)CC3)cc12. The van der Waals surface area contributed by atoms with Gasteiger partial charge in [0.2, 0.25) is 0 Å². The number of hydrogen-bond acceptors (Lipinski definition) is 5. The largest absolute Gasteiger partial charge is 0.379 e. The molecule has 1 amide bonds. The molecule has 1 aliphatic carbocycles. The van der Waals surface area contributed by atoms with E-state index in [-0.39, 0.29) is 11.9 Å². The summed E-state index contributed by atoms with van der Waals surface area (Å²) in [5, 5.41) is 9.02. The number of carbonyl (C=O) groups excluding carboxylic acids is 1.